The molecule has 1 aliphatic heterocycles. The molecule has 0 amide bonds. The van der Waals surface area contributed by atoms with E-state index in [0.29, 0.717) is 35.6 Å². The Hall–Kier alpha value is -0.450. The van der Waals surface area contributed by atoms with Gasteiger partial charge in [0.15, 0.2) is 0 Å². The molecule has 1 heterocycles. The van der Waals surface area contributed by atoms with Crippen LogP contribution in [0, 0.1) is 35.5 Å². The van der Waals surface area contributed by atoms with Gasteiger partial charge in [-0.2, -0.15) is 0 Å². The van der Waals surface area contributed by atoms with Gasteiger partial charge in [0.25, 0.3) is 0 Å². The minimum Gasteiger partial charge on any atom is -0.393 e. The molecular weight excluding hydrogens is 388 g/mol. The van der Waals surface area contributed by atoms with Crippen molar-refractivity contribution >= 4 is 5.78 Å². The van der Waals surface area contributed by atoms with E-state index in [9.17, 15) is 9.90 Å². The smallest absolute Gasteiger partial charge is 0.139 e. The molecule has 0 aromatic heterocycles. The molecule has 11 unspecified atom stereocenters. The summed E-state index contributed by atoms with van der Waals surface area (Å²) < 4.78 is 13.1. The Morgan fingerprint density at radius 2 is 1.19 bits per heavy atom. The molecule has 6 fully saturated rings. The number of hydrogen-bond acceptors (Lipinski definition) is 4. The first-order valence-corrected chi connectivity index (χ1v) is 13.7. The molecule has 0 bridgehead atoms. The lowest BCUT2D eigenvalue weighted by atomic mass is 9.58. The zero-order valence-corrected chi connectivity index (χ0v) is 20.3. The highest BCUT2D eigenvalue weighted by molar-refractivity contribution is 5.87. The van der Waals surface area contributed by atoms with Gasteiger partial charge in [0.05, 0.1) is 30.5 Å². The summed E-state index contributed by atoms with van der Waals surface area (Å²) >= 11 is 0. The van der Waals surface area contributed by atoms with Crippen LogP contribution in [0.15, 0.2) is 0 Å². The van der Waals surface area contributed by atoms with Gasteiger partial charge in [-0.3, -0.25) is 4.79 Å². The Labute approximate surface area is 189 Å². The first kappa shape index (κ1) is 23.7. The topological polar surface area (TPSA) is 55.8 Å². The third-order valence-corrected chi connectivity index (χ3v) is 9.31. The lowest BCUT2D eigenvalue weighted by Gasteiger charge is -2.51. The third kappa shape index (κ3) is 4.15. The summed E-state index contributed by atoms with van der Waals surface area (Å²) in [6, 6.07) is 0. The Morgan fingerprint density at radius 1 is 0.645 bits per heavy atom. The highest BCUT2D eigenvalue weighted by Gasteiger charge is 2.61. The Bertz CT molecular complexity index is 606. The lowest BCUT2D eigenvalue weighted by molar-refractivity contribution is -0.250. The van der Waals surface area contributed by atoms with Crippen LogP contribution in [0.1, 0.15) is 98.3 Å². The Morgan fingerprint density at radius 3 is 1.84 bits per heavy atom. The van der Waals surface area contributed by atoms with Crippen LogP contribution in [0.25, 0.3) is 0 Å². The largest absolute Gasteiger partial charge is 0.393 e. The van der Waals surface area contributed by atoms with Crippen molar-refractivity contribution in [1.29, 1.82) is 0 Å². The van der Waals surface area contributed by atoms with Gasteiger partial charge in [0.1, 0.15) is 5.78 Å². The third-order valence-electron chi connectivity index (χ3n) is 9.31. The predicted octanol–water partition coefficient (Wildman–Crippen LogP) is 5.55. The van der Waals surface area contributed by atoms with Gasteiger partial charge < -0.3 is 14.6 Å². The highest BCUT2D eigenvalue weighted by atomic mass is 16.6. The van der Waals surface area contributed by atoms with Crippen LogP contribution in [0.2, 0.25) is 0 Å². The number of fused-ring (bicyclic) bond motifs is 7. The molecule has 0 radical (unpaired) electrons. The van der Waals surface area contributed by atoms with Crippen molar-refractivity contribution in [2.75, 3.05) is 0 Å². The van der Waals surface area contributed by atoms with Gasteiger partial charge in [-0.15, -0.1) is 0 Å². The highest BCUT2D eigenvalue weighted by Crippen LogP contribution is 2.59. The zero-order valence-electron chi connectivity index (χ0n) is 20.3. The second kappa shape index (κ2) is 10.2. The fourth-order valence-electron chi connectivity index (χ4n) is 8.25. The van der Waals surface area contributed by atoms with Gasteiger partial charge in [-0.05, 0) is 68.6 Å². The summed E-state index contributed by atoms with van der Waals surface area (Å²) in [4.78, 5) is 13.3. The Balaban J connectivity index is 0.000000549. The number of aliphatic hydroxyl groups excluding tert-OH is 1. The van der Waals surface area contributed by atoms with Crippen molar-refractivity contribution in [2.24, 2.45) is 35.5 Å². The maximum atomic E-state index is 13.3. The minimum atomic E-state index is -0.252. The molecule has 31 heavy (non-hydrogen) atoms. The number of carbonyl (C=O) groups excluding carboxylic acids is 1. The van der Waals surface area contributed by atoms with Gasteiger partial charge in [0, 0.05) is 11.8 Å². The first-order chi connectivity index (χ1) is 15.2. The van der Waals surface area contributed by atoms with E-state index in [1.54, 1.807) is 0 Å². The van der Waals surface area contributed by atoms with E-state index in [0.717, 1.165) is 38.5 Å². The van der Waals surface area contributed by atoms with Crippen LogP contribution >= 0.6 is 0 Å². The van der Waals surface area contributed by atoms with Crippen molar-refractivity contribution in [3.05, 3.63) is 0 Å². The lowest BCUT2D eigenvalue weighted by Crippen LogP contribution is -2.55. The van der Waals surface area contributed by atoms with E-state index in [1.165, 1.54) is 32.1 Å². The van der Waals surface area contributed by atoms with Gasteiger partial charge >= 0.3 is 0 Å². The normalized spacial score (nSPS) is 50.1. The van der Waals surface area contributed by atoms with Crippen molar-refractivity contribution in [2.45, 2.75) is 129 Å². The average molecular weight is 435 g/mol. The van der Waals surface area contributed by atoms with Crippen LogP contribution in [0.5, 0.6) is 0 Å². The standard InChI is InChI=1S/C23H34O4.2C2H6/c24-17-9-16-22(13-6-2-1-5-12(13)17)14-10-20-21(11-15(14)23(16)25)27-19-8-4-3-7-18(19)26-20;2*1-2/h12-22,24H,1-11H2;2*1-2H3. The molecule has 6 aliphatic rings. The number of ether oxygens (including phenoxy) is 2. The number of rotatable bonds is 0. The SMILES string of the molecule is CC.CC.O=C1C2CC3OC4CCCCC4OC3CC2C2C1CC(O)C1CCCCC12. The van der Waals surface area contributed by atoms with E-state index in [2.05, 4.69) is 0 Å². The summed E-state index contributed by atoms with van der Waals surface area (Å²) in [5.41, 5.74) is 0. The molecule has 0 spiro atoms. The molecule has 6 rings (SSSR count). The van der Waals surface area contributed by atoms with Gasteiger partial charge in [-0.1, -0.05) is 53.4 Å². The second-order valence-corrected chi connectivity index (χ2v) is 10.5. The van der Waals surface area contributed by atoms with Gasteiger partial charge in [0.2, 0.25) is 0 Å². The van der Waals surface area contributed by atoms with E-state index < -0.39 is 0 Å². The molecule has 11 atom stereocenters. The number of ketones is 1. The van der Waals surface area contributed by atoms with E-state index in [-0.39, 0.29) is 36.3 Å². The second-order valence-electron chi connectivity index (χ2n) is 10.5. The molecule has 1 N–H and O–H groups in total. The predicted molar refractivity (Wildman–Crippen MR) is 123 cm³/mol. The fraction of sp³-hybridized carbons (Fsp3) is 0.963. The van der Waals surface area contributed by atoms with Crippen LogP contribution in [0.4, 0.5) is 0 Å². The zero-order chi connectivity index (χ0) is 22.1. The summed E-state index contributed by atoms with van der Waals surface area (Å²) in [6.07, 6.45) is 12.9. The molecule has 0 aromatic rings. The van der Waals surface area contributed by atoms with E-state index in [1.807, 2.05) is 27.7 Å². The minimum absolute atomic E-state index is 0.108. The summed E-state index contributed by atoms with van der Waals surface area (Å²) in [7, 11) is 0. The number of hydrogen-bond donors (Lipinski definition) is 1. The average Bonchev–Trinajstić information content (AvgIpc) is 3.10. The number of carbonyl (C=O) groups is 1. The van der Waals surface area contributed by atoms with Crippen molar-refractivity contribution in [1.82, 2.24) is 0 Å². The summed E-state index contributed by atoms with van der Waals surface area (Å²) in [6.45, 7) is 8.00. The molecule has 5 aliphatic carbocycles. The molecular formula is C27H46O4. The van der Waals surface area contributed by atoms with Crippen LogP contribution in [-0.4, -0.2) is 41.4 Å². The first-order valence-electron chi connectivity index (χ1n) is 13.7. The maximum absolute atomic E-state index is 13.3. The molecule has 0 aromatic carbocycles. The monoisotopic (exact) mass is 434 g/mol. The molecule has 4 heteroatoms. The molecule has 4 nitrogen and oxygen atoms in total. The summed E-state index contributed by atoms with van der Waals surface area (Å²) in [5, 5.41) is 10.7. The van der Waals surface area contributed by atoms with E-state index in [4.69, 9.17) is 9.47 Å². The number of Topliss-reactive ketones (excluding diaryl/α,β-unsaturated/α-hetero) is 1. The van der Waals surface area contributed by atoms with Crippen LogP contribution in [0.3, 0.4) is 0 Å². The van der Waals surface area contributed by atoms with Crippen molar-refractivity contribution < 1.29 is 19.4 Å². The van der Waals surface area contributed by atoms with Gasteiger partial charge in [-0.25, -0.2) is 0 Å². The van der Waals surface area contributed by atoms with Crippen LogP contribution in [-0.2, 0) is 14.3 Å². The van der Waals surface area contributed by atoms with E-state index >= 15 is 0 Å². The molecule has 1 saturated heterocycles. The van der Waals surface area contributed by atoms with Crippen LogP contribution < -0.4 is 0 Å². The number of aliphatic hydroxyl groups is 1. The van der Waals surface area contributed by atoms with Crippen molar-refractivity contribution in [3.63, 3.8) is 0 Å². The van der Waals surface area contributed by atoms with Crippen molar-refractivity contribution in [3.8, 4) is 0 Å². The quantitative estimate of drug-likeness (QED) is 0.543. The maximum Gasteiger partial charge on any atom is 0.139 e. The summed E-state index contributed by atoms with van der Waals surface area (Å²) in [5.74, 6) is 2.72. The fourth-order valence-corrected chi connectivity index (χ4v) is 8.25. The Kier molecular flexibility index (Phi) is 7.81. The molecule has 178 valence electrons. The molecule has 5 saturated carbocycles.